The van der Waals surface area contributed by atoms with Crippen LogP contribution in [0.3, 0.4) is 0 Å². The van der Waals surface area contributed by atoms with E-state index in [-0.39, 0.29) is 18.0 Å². The molecule has 1 heterocycles. The van der Waals surface area contributed by atoms with E-state index < -0.39 is 5.97 Å². The minimum absolute atomic E-state index is 0.0583. The van der Waals surface area contributed by atoms with E-state index >= 15 is 0 Å². The highest BCUT2D eigenvalue weighted by molar-refractivity contribution is 5.76. The first-order chi connectivity index (χ1) is 12.4. The Morgan fingerprint density at radius 3 is 2.23 bits per heavy atom. The fourth-order valence-corrected chi connectivity index (χ4v) is 3.79. The summed E-state index contributed by atoms with van der Waals surface area (Å²) in [5, 5.41) is 12.3. The molecular formula is C21H30N2O3. The highest BCUT2D eigenvalue weighted by atomic mass is 16.4. The van der Waals surface area contributed by atoms with E-state index in [1.807, 2.05) is 0 Å². The second-order valence-corrected chi connectivity index (χ2v) is 8.20. The lowest BCUT2D eigenvalue weighted by Crippen LogP contribution is -2.46. The van der Waals surface area contributed by atoms with Gasteiger partial charge in [-0.2, -0.15) is 0 Å². The summed E-state index contributed by atoms with van der Waals surface area (Å²) in [6, 6.07) is 8.66. The third-order valence-electron chi connectivity index (χ3n) is 5.49. The van der Waals surface area contributed by atoms with Crippen LogP contribution in [0.1, 0.15) is 56.7 Å². The number of nitrogens with one attached hydrogen (secondary N) is 1. The topological polar surface area (TPSA) is 69.6 Å². The Morgan fingerprint density at radius 1 is 1.12 bits per heavy atom. The second-order valence-electron chi connectivity index (χ2n) is 8.20. The van der Waals surface area contributed by atoms with Crippen molar-refractivity contribution in [2.45, 2.75) is 52.0 Å². The SMILES string of the molecule is CC(C)Cc1ccc(C(NC(=O)N2CCC(C(=O)O)CC2)C2CC2)cc1. The third-order valence-corrected chi connectivity index (χ3v) is 5.49. The number of piperidine rings is 1. The van der Waals surface area contributed by atoms with Crippen molar-refractivity contribution in [3.63, 3.8) is 0 Å². The lowest BCUT2D eigenvalue weighted by Gasteiger charge is -2.32. The molecule has 0 radical (unpaired) electrons. The molecule has 0 bridgehead atoms. The summed E-state index contributed by atoms with van der Waals surface area (Å²) in [6.45, 7) is 5.48. The highest BCUT2D eigenvalue weighted by Gasteiger charge is 2.35. The van der Waals surface area contributed by atoms with E-state index in [9.17, 15) is 9.59 Å². The average molecular weight is 358 g/mol. The van der Waals surface area contributed by atoms with Crippen LogP contribution in [-0.2, 0) is 11.2 Å². The molecule has 26 heavy (non-hydrogen) atoms. The summed E-state index contributed by atoms with van der Waals surface area (Å²) in [5.74, 6) is 0.0918. The van der Waals surface area contributed by atoms with Crippen LogP contribution in [0, 0.1) is 17.8 Å². The van der Waals surface area contributed by atoms with Gasteiger partial charge in [0.15, 0.2) is 0 Å². The standard InChI is InChI=1S/C21H30N2O3/c1-14(2)13-15-3-5-16(6-4-15)19(17-7-8-17)22-21(26)23-11-9-18(10-12-23)20(24)25/h3-6,14,17-19H,7-13H2,1-2H3,(H,22,26)(H,24,25). The van der Waals surface area contributed by atoms with Crippen LogP contribution in [0.25, 0.3) is 0 Å². The van der Waals surface area contributed by atoms with E-state index in [1.54, 1.807) is 4.90 Å². The molecule has 2 amide bonds. The number of likely N-dealkylation sites (tertiary alicyclic amines) is 1. The van der Waals surface area contributed by atoms with Gasteiger partial charge in [-0.3, -0.25) is 4.79 Å². The maximum Gasteiger partial charge on any atom is 0.317 e. The molecule has 1 saturated carbocycles. The van der Waals surface area contributed by atoms with Gasteiger partial charge in [-0.15, -0.1) is 0 Å². The molecular weight excluding hydrogens is 328 g/mol. The van der Waals surface area contributed by atoms with Gasteiger partial charge < -0.3 is 15.3 Å². The number of hydrogen-bond donors (Lipinski definition) is 2. The number of nitrogens with zero attached hydrogens (tertiary/aromatic N) is 1. The van der Waals surface area contributed by atoms with Crippen molar-refractivity contribution < 1.29 is 14.7 Å². The molecule has 1 saturated heterocycles. The normalized spacial score (nSPS) is 19.4. The Balaban J connectivity index is 1.60. The third kappa shape index (κ3) is 4.77. The first kappa shape index (κ1) is 18.7. The van der Waals surface area contributed by atoms with E-state index in [1.165, 1.54) is 11.1 Å². The van der Waals surface area contributed by atoms with E-state index in [4.69, 9.17) is 5.11 Å². The zero-order chi connectivity index (χ0) is 18.7. The van der Waals surface area contributed by atoms with E-state index in [2.05, 4.69) is 43.4 Å². The number of urea groups is 1. The number of carboxylic acids is 1. The molecule has 142 valence electrons. The number of benzene rings is 1. The van der Waals surface area contributed by atoms with Crippen molar-refractivity contribution >= 4 is 12.0 Å². The Morgan fingerprint density at radius 2 is 1.73 bits per heavy atom. The van der Waals surface area contributed by atoms with E-state index in [0.717, 1.165) is 19.3 Å². The molecule has 2 aliphatic rings. The first-order valence-electron chi connectivity index (χ1n) is 9.81. The molecule has 1 atom stereocenters. The summed E-state index contributed by atoms with van der Waals surface area (Å²) in [7, 11) is 0. The van der Waals surface area contributed by atoms with Crippen molar-refractivity contribution in [1.29, 1.82) is 0 Å². The molecule has 1 aromatic carbocycles. The predicted octanol–water partition coefficient (Wildman–Crippen LogP) is 3.84. The van der Waals surface area contributed by atoms with Gasteiger partial charge in [-0.25, -0.2) is 4.79 Å². The summed E-state index contributed by atoms with van der Waals surface area (Å²) in [4.78, 5) is 25.5. The molecule has 2 N–H and O–H groups in total. The molecule has 1 aliphatic heterocycles. The lowest BCUT2D eigenvalue weighted by atomic mass is 9.96. The van der Waals surface area contributed by atoms with Crippen molar-refractivity contribution in [3.05, 3.63) is 35.4 Å². The molecule has 5 heteroatoms. The first-order valence-corrected chi connectivity index (χ1v) is 9.81. The van der Waals surface area contributed by atoms with Crippen LogP contribution in [-0.4, -0.2) is 35.1 Å². The van der Waals surface area contributed by atoms with Crippen LogP contribution in [0.4, 0.5) is 4.79 Å². The van der Waals surface area contributed by atoms with Crippen molar-refractivity contribution in [3.8, 4) is 0 Å². The van der Waals surface area contributed by atoms with Crippen LogP contribution < -0.4 is 5.32 Å². The van der Waals surface area contributed by atoms with Gasteiger partial charge in [-0.05, 0) is 55.1 Å². The molecule has 0 spiro atoms. The summed E-state index contributed by atoms with van der Waals surface area (Å²) in [6.07, 6.45) is 4.46. The quantitative estimate of drug-likeness (QED) is 0.812. The molecule has 3 rings (SSSR count). The number of hydrogen-bond acceptors (Lipinski definition) is 2. The number of carbonyl (C=O) groups is 2. The smallest absolute Gasteiger partial charge is 0.317 e. The zero-order valence-electron chi connectivity index (χ0n) is 15.8. The average Bonchev–Trinajstić information content (AvgIpc) is 3.45. The second kappa shape index (κ2) is 8.11. The Hall–Kier alpha value is -2.04. The minimum atomic E-state index is -0.748. The number of amides is 2. The fourth-order valence-electron chi connectivity index (χ4n) is 3.79. The van der Waals surface area contributed by atoms with Crippen LogP contribution in [0.5, 0.6) is 0 Å². The minimum Gasteiger partial charge on any atom is -0.481 e. The summed E-state index contributed by atoms with van der Waals surface area (Å²) >= 11 is 0. The molecule has 1 aromatic rings. The molecule has 1 aliphatic carbocycles. The van der Waals surface area contributed by atoms with Gasteiger partial charge in [0.25, 0.3) is 0 Å². The lowest BCUT2D eigenvalue weighted by molar-refractivity contribution is -0.143. The zero-order valence-corrected chi connectivity index (χ0v) is 15.8. The van der Waals surface area contributed by atoms with Gasteiger partial charge in [0.2, 0.25) is 0 Å². The molecule has 1 unspecified atom stereocenters. The van der Waals surface area contributed by atoms with Gasteiger partial charge in [0, 0.05) is 13.1 Å². The maximum absolute atomic E-state index is 12.7. The number of carboxylic acid groups (broad SMARTS) is 1. The Bertz CT molecular complexity index is 629. The summed E-state index contributed by atoms with van der Waals surface area (Å²) in [5.41, 5.74) is 2.51. The number of rotatable bonds is 6. The van der Waals surface area contributed by atoms with E-state index in [0.29, 0.717) is 37.8 Å². The molecule has 0 aromatic heterocycles. The Labute approximate surface area is 155 Å². The number of carbonyl (C=O) groups excluding carboxylic acids is 1. The molecule has 2 fully saturated rings. The van der Waals surface area contributed by atoms with Crippen LogP contribution in [0.2, 0.25) is 0 Å². The Kier molecular flexibility index (Phi) is 5.84. The maximum atomic E-state index is 12.7. The monoisotopic (exact) mass is 358 g/mol. The molecule has 5 nitrogen and oxygen atoms in total. The summed E-state index contributed by atoms with van der Waals surface area (Å²) < 4.78 is 0. The highest BCUT2D eigenvalue weighted by Crippen LogP contribution is 2.41. The predicted molar refractivity (Wildman–Crippen MR) is 101 cm³/mol. The van der Waals surface area contributed by atoms with Crippen molar-refractivity contribution in [2.24, 2.45) is 17.8 Å². The fraction of sp³-hybridized carbons (Fsp3) is 0.619. The van der Waals surface area contributed by atoms with Gasteiger partial charge in [-0.1, -0.05) is 38.1 Å². The number of aliphatic carboxylic acids is 1. The van der Waals surface area contributed by atoms with Gasteiger partial charge >= 0.3 is 12.0 Å². The van der Waals surface area contributed by atoms with Gasteiger partial charge in [0.05, 0.1) is 12.0 Å². The van der Waals surface area contributed by atoms with Crippen molar-refractivity contribution in [2.75, 3.05) is 13.1 Å². The van der Waals surface area contributed by atoms with Gasteiger partial charge in [0.1, 0.15) is 0 Å². The largest absolute Gasteiger partial charge is 0.481 e. The van der Waals surface area contributed by atoms with Crippen LogP contribution in [0.15, 0.2) is 24.3 Å². The van der Waals surface area contributed by atoms with Crippen LogP contribution >= 0.6 is 0 Å². The van der Waals surface area contributed by atoms with Crippen molar-refractivity contribution in [1.82, 2.24) is 10.2 Å².